The minimum Gasteiger partial charge on any atom is -0.457 e. The molecule has 5 heteroatoms. The van der Waals surface area contributed by atoms with Gasteiger partial charge >= 0.3 is 0 Å². The van der Waals surface area contributed by atoms with Crippen molar-refractivity contribution < 1.29 is 14.6 Å². The van der Waals surface area contributed by atoms with Crippen LogP contribution in [0.3, 0.4) is 0 Å². The number of ether oxygens (including phenoxy) is 1. The lowest BCUT2D eigenvalue weighted by molar-refractivity contribution is -0.121. The van der Waals surface area contributed by atoms with E-state index in [9.17, 15) is 9.90 Å². The van der Waals surface area contributed by atoms with Crippen molar-refractivity contribution in [3.8, 4) is 11.5 Å². The highest BCUT2D eigenvalue weighted by atomic mass is 16.5. The van der Waals surface area contributed by atoms with Crippen LogP contribution in [0.4, 0.5) is 5.69 Å². The molecule has 1 aromatic heterocycles. The van der Waals surface area contributed by atoms with Crippen LogP contribution < -0.4 is 10.1 Å². The van der Waals surface area contributed by atoms with Crippen LogP contribution in [0.25, 0.3) is 0 Å². The van der Waals surface area contributed by atoms with Crippen LogP contribution in [-0.2, 0) is 4.79 Å². The van der Waals surface area contributed by atoms with Gasteiger partial charge in [-0.2, -0.15) is 0 Å². The van der Waals surface area contributed by atoms with Crippen LogP contribution in [-0.4, -0.2) is 21.6 Å². The van der Waals surface area contributed by atoms with Crippen molar-refractivity contribution in [2.75, 3.05) is 5.32 Å². The lowest BCUT2D eigenvalue weighted by Crippen LogP contribution is -2.32. The third-order valence-corrected chi connectivity index (χ3v) is 4.00. The molecule has 0 aliphatic heterocycles. The molecule has 3 rings (SSSR count). The third kappa shape index (κ3) is 4.29. The average Bonchev–Trinajstić information content (AvgIpc) is 3.35. The molecule has 1 aliphatic carbocycles. The molecular weight excluding hydrogens is 292 g/mol. The average molecular weight is 312 g/mol. The van der Waals surface area contributed by atoms with Gasteiger partial charge in [-0.15, -0.1) is 0 Å². The van der Waals surface area contributed by atoms with Gasteiger partial charge in [0.15, 0.2) is 0 Å². The predicted molar refractivity (Wildman–Crippen MR) is 87.3 cm³/mol. The maximum Gasteiger partial charge on any atom is 0.227 e. The fourth-order valence-electron chi connectivity index (χ4n) is 2.53. The number of hydrogen-bond acceptors (Lipinski definition) is 4. The molecule has 0 bridgehead atoms. The van der Waals surface area contributed by atoms with Crippen LogP contribution in [0, 0.1) is 5.92 Å². The molecule has 5 nitrogen and oxygen atoms in total. The Morgan fingerprint density at radius 1 is 1.22 bits per heavy atom. The Labute approximate surface area is 135 Å². The lowest BCUT2D eigenvalue weighted by atomic mass is 9.96. The predicted octanol–water partition coefficient (Wildman–Crippen LogP) is 3.36. The summed E-state index contributed by atoms with van der Waals surface area (Å²) in [5.41, 5.74) is -0.224. The largest absolute Gasteiger partial charge is 0.457 e. The van der Waals surface area contributed by atoms with Crippen LogP contribution in [0.5, 0.6) is 11.5 Å². The van der Waals surface area contributed by atoms with E-state index < -0.39 is 5.60 Å². The second kappa shape index (κ2) is 6.38. The van der Waals surface area contributed by atoms with Gasteiger partial charge in [-0.1, -0.05) is 0 Å². The number of amides is 1. The zero-order chi connectivity index (χ0) is 16.3. The number of carbonyl (C=O) groups is 1. The summed E-state index contributed by atoms with van der Waals surface area (Å²) in [6, 6.07) is 10.7. The highest BCUT2D eigenvalue weighted by Gasteiger charge is 2.41. The Kier molecular flexibility index (Phi) is 4.30. The summed E-state index contributed by atoms with van der Waals surface area (Å²) in [5.74, 6) is 1.46. The zero-order valence-electron chi connectivity index (χ0n) is 13.0. The molecule has 1 amide bonds. The quantitative estimate of drug-likeness (QED) is 0.858. The summed E-state index contributed by atoms with van der Waals surface area (Å²) in [5, 5.41) is 13.0. The third-order valence-electron chi connectivity index (χ3n) is 4.00. The monoisotopic (exact) mass is 312 g/mol. The summed E-state index contributed by atoms with van der Waals surface area (Å²) < 4.78 is 5.67. The molecule has 0 radical (unpaired) electrons. The van der Waals surface area contributed by atoms with Crippen LogP contribution in [0.15, 0.2) is 48.8 Å². The Bertz CT molecular complexity index is 664. The van der Waals surface area contributed by atoms with Crippen molar-refractivity contribution in [2.24, 2.45) is 5.92 Å². The summed E-state index contributed by atoms with van der Waals surface area (Å²) in [6.45, 7) is 1.73. The number of anilines is 1. The molecule has 1 aromatic carbocycles. The number of carbonyl (C=O) groups excluding carboxylic acids is 1. The maximum atomic E-state index is 12.0. The maximum absolute atomic E-state index is 12.0. The Morgan fingerprint density at radius 3 is 2.43 bits per heavy atom. The van der Waals surface area contributed by atoms with Gasteiger partial charge in [0.25, 0.3) is 0 Å². The Morgan fingerprint density at radius 2 is 1.83 bits per heavy atom. The molecule has 1 atom stereocenters. The fourth-order valence-corrected chi connectivity index (χ4v) is 2.53. The number of nitrogens with zero attached hydrogens (tertiary/aromatic N) is 1. The van der Waals surface area contributed by atoms with Gasteiger partial charge in [0.05, 0.1) is 12.0 Å². The van der Waals surface area contributed by atoms with Crippen LogP contribution in [0.2, 0.25) is 0 Å². The van der Waals surface area contributed by atoms with E-state index in [0.29, 0.717) is 17.2 Å². The van der Waals surface area contributed by atoms with Crippen molar-refractivity contribution in [3.63, 3.8) is 0 Å². The van der Waals surface area contributed by atoms with E-state index in [1.165, 1.54) is 0 Å². The minimum atomic E-state index is -0.908. The van der Waals surface area contributed by atoms with E-state index >= 15 is 0 Å². The van der Waals surface area contributed by atoms with Crippen molar-refractivity contribution in [3.05, 3.63) is 48.8 Å². The molecule has 0 spiro atoms. The minimum absolute atomic E-state index is 0.118. The Hall–Kier alpha value is -2.40. The first-order valence-electron chi connectivity index (χ1n) is 7.73. The second-order valence-corrected chi connectivity index (χ2v) is 6.17. The van der Waals surface area contributed by atoms with Gasteiger partial charge < -0.3 is 15.2 Å². The van der Waals surface area contributed by atoms with Gasteiger partial charge in [0.2, 0.25) is 5.91 Å². The molecule has 120 valence electrons. The number of aromatic nitrogens is 1. The molecular formula is C18H20N2O3. The standard InChI is InChI=1S/C18H20N2O3/c1-18(22,13-2-3-13)12-17(21)20-14-4-6-15(7-5-14)23-16-8-10-19-11-9-16/h4-11,13,22H,2-3,12H2,1H3,(H,20,21). The molecule has 1 saturated carbocycles. The summed E-state index contributed by atoms with van der Waals surface area (Å²) in [6.07, 6.45) is 5.45. The molecule has 2 N–H and O–H groups in total. The normalized spacial score (nSPS) is 16.4. The number of aliphatic hydroxyl groups is 1. The molecule has 1 unspecified atom stereocenters. The lowest BCUT2D eigenvalue weighted by Gasteiger charge is -2.22. The SMILES string of the molecule is CC(O)(CC(=O)Nc1ccc(Oc2ccncc2)cc1)C1CC1. The number of benzene rings is 1. The number of hydrogen-bond donors (Lipinski definition) is 2. The fraction of sp³-hybridized carbons (Fsp3) is 0.333. The molecule has 23 heavy (non-hydrogen) atoms. The molecule has 1 fully saturated rings. The highest BCUT2D eigenvalue weighted by Crippen LogP contribution is 2.41. The van der Waals surface area contributed by atoms with Gasteiger partial charge in [-0.3, -0.25) is 9.78 Å². The van der Waals surface area contributed by atoms with Crippen LogP contribution in [0.1, 0.15) is 26.2 Å². The molecule has 1 heterocycles. The molecule has 2 aromatic rings. The van der Waals surface area contributed by atoms with E-state index in [1.54, 1.807) is 55.7 Å². The summed E-state index contributed by atoms with van der Waals surface area (Å²) in [4.78, 5) is 16.0. The number of nitrogens with one attached hydrogen (secondary N) is 1. The zero-order valence-corrected chi connectivity index (χ0v) is 13.0. The van der Waals surface area contributed by atoms with Gasteiger partial charge in [0, 0.05) is 18.1 Å². The van der Waals surface area contributed by atoms with E-state index in [-0.39, 0.29) is 18.2 Å². The van der Waals surface area contributed by atoms with Crippen molar-refractivity contribution >= 4 is 11.6 Å². The number of rotatable bonds is 6. The first kappa shape index (κ1) is 15.5. The smallest absolute Gasteiger partial charge is 0.227 e. The first-order valence-corrected chi connectivity index (χ1v) is 7.73. The van der Waals surface area contributed by atoms with Gasteiger partial charge in [-0.05, 0) is 62.1 Å². The van der Waals surface area contributed by atoms with E-state index in [2.05, 4.69) is 10.3 Å². The second-order valence-electron chi connectivity index (χ2n) is 6.17. The van der Waals surface area contributed by atoms with Crippen molar-refractivity contribution in [2.45, 2.75) is 31.8 Å². The van der Waals surface area contributed by atoms with E-state index in [1.807, 2.05) is 0 Å². The summed E-state index contributed by atoms with van der Waals surface area (Å²) in [7, 11) is 0. The topological polar surface area (TPSA) is 71.5 Å². The summed E-state index contributed by atoms with van der Waals surface area (Å²) >= 11 is 0. The van der Waals surface area contributed by atoms with Crippen molar-refractivity contribution in [1.82, 2.24) is 4.98 Å². The van der Waals surface area contributed by atoms with E-state index in [4.69, 9.17) is 4.74 Å². The van der Waals surface area contributed by atoms with Gasteiger partial charge in [-0.25, -0.2) is 0 Å². The van der Waals surface area contributed by atoms with Crippen LogP contribution >= 0.6 is 0 Å². The first-order chi connectivity index (χ1) is 11.0. The van der Waals surface area contributed by atoms with E-state index in [0.717, 1.165) is 12.8 Å². The van der Waals surface area contributed by atoms with Gasteiger partial charge in [0.1, 0.15) is 11.5 Å². The molecule has 1 aliphatic rings. The Balaban J connectivity index is 1.56. The van der Waals surface area contributed by atoms with Crippen molar-refractivity contribution in [1.29, 1.82) is 0 Å². The number of pyridine rings is 1. The highest BCUT2D eigenvalue weighted by molar-refractivity contribution is 5.91. The molecule has 0 saturated heterocycles.